The van der Waals surface area contributed by atoms with Gasteiger partial charge in [0.05, 0.1) is 28.2 Å². The van der Waals surface area contributed by atoms with Crippen LogP contribution in [-0.2, 0) is 4.87 Å². The van der Waals surface area contributed by atoms with Gasteiger partial charge in [-0.3, -0.25) is 0 Å². The monoisotopic (exact) mass is 456 g/mol. The molecule has 8 bridgehead atoms. The molecule has 3 aromatic rings. The van der Waals surface area contributed by atoms with Gasteiger partial charge in [-0.05, 0) is 66.8 Å². The van der Waals surface area contributed by atoms with Crippen molar-refractivity contribution < 1.29 is 0 Å². The molecule has 0 fully saturated rings. The largest absolute Gasteiger partial charge is 0.355 e. The first-order chi connectivity index (χ1) is 15.5. The number of aromatic nitrogens is 4. The van der Waals surface area contributed by atoms with Gasteiger partial charge in [-0.1, -0.05) is 24.3 Å². The first-order valence-corrected chi connectivity index (χ1v) is 11.1. The van der Waals surface area contributed by atoms with Gasteiger partial charge in [0.15, 0.2) is 0 Å². The van der Waals surface area contributed by atoms with Crippen molar-refractivity contribution in [3.05, 3.63) is 95.1 Å². The number of allylic oxidation sites excluding steroid dienone is 4. The van der Waals surface area contributed by atoms with Gasteiger partial charge in [-0.25, -0.2) is 9.97 Å². The topological polar surface area (TPSA) is 57.4 Å². The molecule has 0 radical (unpaired) electrons. The first-order valence-electron chi connectivity index (χ1n) is 10.3. The number of hydrogen-bond donors (Lipinski definition) is 2. The van der Waals surface area contributed by atoms with Gasteiger partial charge in [-0.15, -0.1) is 23.2 Å². The zero-order valence-electron chi connectivity index (χ0n) is 16.9. The Morgan fingerprint density at radius 3 is 2.09 bits per heavy atom. The molecule has 3 aromatic heterocycles. The molecule has 156 valence electrons. The highest BCUT2D eigenvalue weighted by atomic mass is 35.5. The molecule has 3 aliphatic rings. The maximum Gasteiger partial charge on any atom is 0.110 e. The van der Waals surface area contributed by atoms with E-state index in [1.54, 1.807) is 0 Å². The Morgan fingerprint density at radius 1 is 0.719 bits per heavy atom. The fourth-order valence-corrected chi connectivity index (χ4v) is 4.74. The van der Waals surface area contributed by atoms with E-state index in [2.05, 4.69) is 27.1 Å². The molecule has 2 unspecified atom stereocenters. The smallest absolute Gasteiger partial charge is 0.110 e. The zero-order chi connectivity index (χ0) is 21.7. The van der Waals surface area contributed by atoms with Crippen molar-refractivity contribution in [3.63, 3.8) is 0 Å². The predicted octanol–water partition coefficient (Wildman–Crippen LogP) is 6.82. The van der Waals surface area contributed by atoms with Crippen LogP contribution in [0.1, 0.15) is 28.3 Å². The van der Waals surface area contributed by atoms with Crippen LogP contribution in [0.2, 0.25) is 0 Å². The number of alkyl halides is 2. The molecule has 5 heterocycles. The lowest BCUT2D eigenvalue weighted by molar-refractivity contribution is 0.780. The maximum absolute atomic E-state index is 7.08. The number of hydrogen-bond acceptors (Lipinski definition) is 2. The van der Waals surface area contributed by atoms with E-state index in [0.717, 1.165) is 50.4 Å². The van der Waals surface area contributed by atoms with Crippen molar-refractivity contribution in [1.82, 2.24) is 19.9 Å². The highest BCUT2D eigenvalue weighted by Gasteiger charge is 2.36. The molecule has 0 spiro atoms. The minimum Gasteiger partial charge on any atom is -0.355 e. The SMILES string of the molecule is ClC1C=CC=CC1(Cl)c1cc2cc3ccc(cc4nc(cc5nc(cc1[nH]2)C=C5)C=C4)[nH]3. The van der Waals surface area contributed by atoms with Crippen molar-refractivity contribution in [2.45, 2.75) is 10.3 Å². The van der Waals surface area contributed by atoms with E-state index in [1.807, 2.05) is 78.9 Å². The number of nitrogens with zero attached hydrogens (tertiary/aromatic N) is 2. The number of nitrogens with one attached hydrogen (secondary N) is 2. The number of aromatic amines is 2. The van der Waals surface area contributed by atoms with E-state index >= 15 is 0 Å². The Kier molecular flexibility index (Phi) is 4.46. The Hall–Kier alpha value is -3.34. The van der Waals surface area contributed by atoms with Crippen molar-refractivity contribution in [2.75, 3.05) is 0 Å². The van der Waals surface area contributed by atoms with E-state index in [-0.39, 0.29) is 5.38 Å². The standard InChI is InChI=1S/C26H18Cl2N4/c27-25-3-1-2-10-26(25,28)23-14-22-13-20-7-6-18(30-20)11-16-4-5-17(29-16)12-19-8-9-21(31-19)15-24(23)32-22/h1-15,25,30,32H. The molecular weight excluding hydrogens is 439 g/mol. The van der Waals surface area contributed by atoms with Crippen LogP contribution >= 0.6 is 23.2 Å². The summed E-state index contributed by atoms with van der Waals surface area (Å²) in [5.74, 6) is 0. The molecule has 2 atom stereocenters. The summed E-state index contributed by atoms with van der Waals surface area (Å²) in [4.78, 5) is 15.5. The lowest BCUT2D eigenvalue weighted by Gasteiger charge is -2.28. The highest BCUT2D eigenvalue weighted by Crippen LogP contribution is 2.42. The summed E-state index contributed by atoms with van der Waals surface area (Å²) in [6.45, 7) is 0. The highest BCUT2D eigenvalue weighted by molar-refractivity contribution is 6.35. The molecule has 2 aliphatic heterocycles. The van der Waals surface area contributed by atoms with E-state index in [4.69, 9.17) is 28.2 Å². The first kappa shape index (κ1) is 19.4. The average molecular weight is 457 g/mol. The second kappa shape index (κ2) is 7.37. The molecule has 6 heteroatoms. The number of halogens is 2. The Balaban J connectivity index is 1.67. The van der Waals surface area contributed by atoms with Crippen LogP contribution < -0.4 is 0 Å². The third kappa shape index (κ3) is 3.42. The predicted molar refractivity (Wildman–Crippen MR) is 134 cm³/mol. The van der Waals surface area contributed by atoms with Crippen molar-refractivity contribution in [2.24, 2.45) is 0 Å². The van der Waals surface area contributed by atoms with Gasteiger partial charge in [0.1, 0.15) is 4.87 Å². The summed E-state index contributed by atoms with van der Waals surface area (Å²) in [5.41, 5.74) is 8.11. The van der Waals surface area contributed by atoms with Gasteiger partial charge in [0.25, 0.3) is 0 Å². The number of rotatable bonds is 1. The van der Waals surface area contributed by atoms with E-state index < -0.39 is 4.87 Å². The lowest BCUT2D eigenvalue weighted by Crippen LogP contribution is -2.27. The molecular formula is C26H18Cl2N4. The summed E-state index contributed by atoms with van der Waals surface area (Å²) < 4.78 is 0. The third-order valence-electron chi connectivity index (χ3n) is 5.71. The normalized spacial score (nSPS) is 21.4. The Morgan fingerprint density at radius 2 is 1.38 bits per heavy atom. The number of fused-ring (bicyclic) bond motifs is 8. The maximum atomic E-state index is 7.08. The van der Waals surface area contributed by atoms with E-state index in [0.29, 0.717) is 0 Å². The summed E-state index contributed by atoms with van der Waals surface area (Å²) in [6.07, 6.45) is 15.7. The Labute approximate surface area is 194 Å². The van der Waals surface area contributed by atoms with Crippen LogP contribution in [0.25, 0.3) is 46.4 Å². The van der Waals surface area contributed by atoms with Gasteiger partial charge in [0, 0.05) is 27.6 Å². The fraction of sp³-hybridized carbons (Fsp3) is 0.0769. The van der Waals surface area contributed by atoms with Crippen LogP contribution in [0.15, 0.2) is 66.8 Å². The minimum atomic E-state index is -0.862. The molecule has 0 aromatic carbocycles. The summed E-state index contributed by atoms with van der Waals surface area (Å²) in [5, 5.41) is -0.375. The summed E-state index contributed by atoms with van der Waals surface area (Å²) in [6, 6.07) is 14.2. The third-order valence-corrected chi connectivity index (χ3v) is 6.88. The molecule has 0 amide bonds. The molecule has 2 N–H and O–H groups in total. The number of H-pyrrole nitrogens is 2. The van der Waals surface area contributed by atoms with E-state index in [1.165, 1.54) is 0 Å². The van der Waals surface area contributed by atoms with Crippen LogP contribution in [0, 0.1) is 0 Å². The van der Waals surface area contributed by atoms with Crippen LogP contribution in [-0.4, -0.2) is 25.3 Å². The second-order valence-electron chi connectivity index (χ2n) is 8.00. The Bertz CT molecular complexity index is 1520. The van der Waals surface area contributed by atoms with Crippen molar-refractivity contribution in [1.29, 1.82) is 0 Å². The van der Waals surface area contributed by atoms with E-state index in [9.17, 15) is 0 Å². The van der Waals surface area contributed by atoms with Crippen LogP contribution in [0.5, 0.6) is 0 Å². The summed E-state index contributed by atoms with van der Waals surface area (Å²) in [7, 11) is 0. The van der Waals surface area contributed by atoms with Gasteiger partial charge < -0.3 is 9.97 Å². The van der Waals surface area contributed by atoms with Crippen LogP contribution in [0.4, 0.5) is 0 Å². The molecule has 1 aliphatic carbocycles. The zero-order valence-corrected chi connectivity index (χ0v) is 18.4. The molecule has 0 saturated heterocycles. The molecule has 4 nitrogen and oxygen atoms in total. The second-order valence-corrected chi connectivity index (χ2v) is 9.10. The fourth-order valence-electron chi connectivity index (χ4n) is 4.16. The minimum absolute atomic E-state index is 0.375. The average Bonchev–Trinajstić information content (AvgIpc) is 3.55. The van der Waals surface area contributed by atoms with Crippen molar-refractivity contribution >= 4 is 69.6 Å². The van der Waals surface area contributed by atoms with Gasteiger partial charge in [-0.2, -0.15) is 0 Å². The molecule has 0 saturated carbocycles. The van der Waals surface area contributed by atoms with Gasteiger partial charge >= 0.3 is 0 Å². The summed E-state index contributed by atoms with van der Waals surface area (Å²) >= 11 is 13.7. The molecule has 6 rings (SSSR count). The quantitative estimate of drug-likeness (QED) is 0.271. The molecule has 32 heavy (non-hydrogen) atoms. The lowest BCUT2D eigenvalue weighted by atomic mass is 9.91. The van der Waals surface area contributed by atoms with Gasteiger partial charge in [0.2, 0.25) is 0 Å². The van der Waals surface area contributed by atoms with Crippen molar-refractivity contribution in [3.8, 4) is 0 Å². The van der Waals surface area contributed by atoms with Crippen LogP contribution in [0.3, 0.4) is 0 Å².